The number of nitrogens with two attached hydrogens (primary N) is 1. The van der Waals surface area contributed by atoms with Crippen LogP contribution in [0.3, 0.4) is 0 Å². The van der Waals surface area contributed by atoms with Gasteiger partial charge in [0.05, 0.1) is 17.8 Å². The van der Waals surface area contributed by atoms with Crippen LogP contribution in [0, 0.1) is 0 Å². The van der Waals surface area contributed by atoms with Crippen molar-refractivity contribution in [3.63, 3.8) is 0 Å². The summed E-state index contributed by atoms with van der Waals surface area (Å²) in [5.74, 6) is 0.380. The molecule has 0 radical (unpaired) electrons. The Labute approximate surface area is 153 Å². The van der Waals surface area contributed by atoms with Crippen LogP contribution in [0.5, 0.6) is 0 Å². The number of carbonyl (C=O) groups excluding carboxylic acids is 1. The van der Waals surface area contributed by atoms with Crippen molar-refractivity contribution in [3.8, 4) is 0 Å². The fraction of sp³-hybridized carbons (Fsp3) is 0.722. The molecule has 2 atom stereocenters. The number of hydrogen-bond donors (Lipinski definition) is 4. The summed E-state index contributed by atoms with van der Waals surface area (Å²) in [7, 11) is 1.75. The van der Waals surface area contributed by atoms with E-state index >= 15 is 0 Å². The SMILES string of the molecule is COC1CCC(Nc2ncc(C(N)=O)c(NC3CCC[C@@H](O)C3)n2)CC1. The molecule has 0 bridgehead atoms. The molecule has 5 N–H and O–H groups in total. The number of amides is 1. The van der Waals surface area contributed by atoms with Gasteiger partial charge in [-0.25, -0.2) is 4.98 Å². The molecule has 0 spiro atoms. The standard InChI is InChI=1S/C18H29N5O3/c1-26-14-7-5-11(6-8-14)22-18-20-10-15(16(19)25)17(23-18)21-12-3-2-4-13(24)9-12/h10-14,24H,2-9H2,1H3,(H2,19,25)(H2,20,21,22,23)/t11?,12?,13-,14?/m1/s1. The van der Waals surface area contributed by atoms with Crippen LogP contribution < -0.4 is 16.4 Å². The third-order valence-electron chi connectivity index (χ3n) is 5.38. The number of methoxy groups -OCH3 is 1. The highest BCUT2D eigenvalue weighted by atomic mass is 16.5. The molecule has 8 nitrogen and oxygen atoms in total. The van der Waals surface area contributed by atoms with Crippen LogP contribution >= 0.6 is 0 Å². The number of hydrogen-bond acceptors (Lipinski definition) is 7. The Kier molecular flexibility index (Phi) is 6.26. The van der Waals surface area contributed by atoms with E-state index in [1.165, 1.54) is 6.20 Å². The zero-order valence-corrected chi connectivity index (χ0v) is 15.3. The zero-order valence-electron chi connectivity index (χ0n) is 15.3. The van der Waals surface area contributed by atoms with Crippen molar-refractivity contribution in [3.05, 3.63) is 11.8 Å². The molecule has 1 heterocycles. The summed E-state index contributed by atoms with van der Waals surface area (Å²) in [6.45, 7) is 0. The topological polar surface area (TPSA) is 122 Å². The summed E-state index contributed by atoms with van der Waals surface area (Å²) < 4.78 is 5.40. The second-order valence-electron chi connectivity index (χ2n) is 7.34. The molecule has 0 aromatic carbocycles. The third-order valence-corrected chi connectivity index (χ3v) is 5.38. The average molecular weight is 363 g/mol. The highest BCUT2D eigenvalue weighted by molar-refractivity contribution is 5.97. The number of carbonyl (C=O) groups is 1. The van der Waals surface area contributed by atoms with Gasteiger partial charge in [-0.1, -0.05) is 0 Å². The number of ether oxygens (including phenoxy) is 1. The van der Waals surface area contributed by atoms with Gasteiger partial charge in [0.2, 0.25) is 5.95 Å². The first-order valence-electron chi connectivity index (χ1n) is 9.46. The number of nitrogens with one attached hydrogen (secondary N) is 2. The Morgan fingerprint density at radius 3 is 2.62 bits per heavy atom. The van der Waals surface area contributed by atoms with E-state index in [1.54, 1.807) is 7.11 Å². The van der Waals surface area contributed by atoms with E-state index in [0.717, 1.165) is 44.9 Å². The van der Waals surface area contributed by atoms with E-state index in [9.17, 15) is 9.90 Å². The number of aliphatic hydroxyl groups is 1. The van der Waals surface area contributed by atoms with Crippen LogP contribution in [0.1, 0.15) is 61.7 Å². The molecule has 144 valence electrons. The van der Waals surface area contributed by atoms with Crippen molar-refractivity contribution in [2.45, 2.75) is 75.7 Å². The zero-order chi connectivity index (χ0) is 18.5. The third kappa shape index (κ3) is 4.82. The van der Waals surface area contributed by atoms with Gasteiger partial charge >= 0.3 is 0 Å². The summed E-state index contributed by atoms with van der Waals surface area (Å²) in [4.78, 5) is 20.5. The van der Waals surface area contributed by atoms with Crippen molar-refractivity contribution >= 4 is 17.7 Å². The van der Waals surface area contributed by atoms with Gasteiger partial charge in [-0.3, -0.25) is 4.79 Å². The quantitative estimate of drug-likeness (QED) is 0.606. The van der Waals surface area contributed by atoms with Gasteiger partial charge in [0, 0.05) is 25.4 Å². The first-order chi connectivity index (χ1) is 12.5. The molecule has 1 amide bonds. The molecule has 1 aromatic heterocycles. The molecule has 2 fully saturated rings. The van der Waals surface area contributed by atoms with Crippen LogP contribution in [-0.4, -0.2) is 52.4 Å². The Bertz CT molecular complexity index is 619. The first kappa shape index (κ1) is 18.8. The van der Waals surface area contributed by atoms with Crippen LogP contribution in [0.15, 0.2) is 6.20 Å². The van der Waals surface area contributed by atoms with Gasteiger partial charge in [0.15, 0.2) is 0 Å². The van der Waals surface area contributed by atoms with E-state index in [1.807, 2.05) is 0 Å². The van der Waals surface area contributed by atoms with Gasteiger partial charge in [0.1, 0.15) is 5.82 Å². The molecule has 1 aromatic rings. The van der Waals surface area contributed by atoms with Crippen molar-refractivity contribution < 1.29 is 14.6 Å². The van der Waals surface area contributed by atoms with Crippen LogP contribution in [-0.2, 0) is 4.74 Å². The Morgan fingerprint density at radius 1 is 1.19 bits per heavy atom. The molecule has 2 aliphatic carbocycles. The normalized spacial score (nSPS) is 29.2. The van der Waals surface area contributed by atoms with Gasteiger partial charge < -0.3 is 26.2 Å². The van der Waals surface area contributed by atoms with E-state index in [-0.39, 0.29) is 17.7 Å². The minimum atomic E-state index is -0.559. The summed E-state index contributed by atoms with van der Waals surface area (Å²) in [6.07, 6.45) is 8.86. The number of aromatic nitrogens is 2. The molecule has 8 heteroatoms. The summed E-state index contributed by atoms with van der Waals surface area (Å²) in [5.41, 5.74) is 5.75. The number of anilines is 2. The number of rotatable bonds is 6. The van der Waals surface area contributed by atoms with E-state index in [4.69, 9.17) is 10.5 Å². The van der Waals surface area contributed by atoms with Crippen LogP contribution in [0.25, 0.3) is 0 Å². The first-order valence-corrected chi connectivity index (χ1v) is 9.46. The maximum absolute atomic E-state index is 11.7. The fourth-order valence-corrected chi connectivity index (χ4v) is 3.86. The molecule has 26 heavy (non-hydrogen) atoms. The average Bonchev–Trinajstić information content (AvgIpc) is 2.62. The van der Waals surface area contributed by atoms with Crippen molar-refractivity contribution in [2.75, 3.05) is 17.7 Å². The van der Waals surface area contributed by atoms with Crippen LogP contribution in [0.2, 0.25) is 0 Å². The van der Waals surface area contributed by atoms with Gasteiger partial charge in [-0.15, -0.1) is 0 Å². The van der Waals surface area contributed by atoms with Gasteiger partial charge in [0.25, 0.3) is 5.91 Å². The summed E-state index contributed by atoms with van der Waals surface area (Å²) in [5, 5.41) is 16.5. The lowest BCUT2D eigenvalue weighted by atomic mass is 9.93. The minimum Gasteiger partial charge on any atom is -0.393 e. The predicted molar refractivity (Wildman–Crippen MR) is 99.1 cm³/mol. The fourth-order valence-electron chi connectivity index (χ4n) is 3.86. The van der Waals surface area contributed by atoms with Crippen molar-refractivity contribution in [1.82, 2.24) is 9.97 Å². The monoisotopic (exact) mass is 363 g/mol. The molecule has 3 rings (SSSR count). The van der Waals surface area contributed by atoms with E-state index < -0.39 is 5.91 Å². The van der Waals surface area contributed by atoms with Crippen molar-refractivity contribution in [1.29, 1.82) is 0 Å². The molecule has 0 saturated heterocycles. The Balaban J connectivity index is 1.68. The molecule has 2 saturated carbocycles. The Morgan fingerprint density at radius 2 is 1.96 bits per heavy atom. The lowest BCUT2D eigenvalue weighted by molar-refractivity contribution is 0.0681. The molecule has 0 aliphatic heterocycles. The molecule has 1 unspecified atom stereocenters. The lowest BCUT2D eigenvalue weighted by Crippen LogP contribution is -2.32. The second-order valence-corrected chi connectivity index (χ2v) is 7.34. The van der Waals surface area contributed by atoms with Gasteiger partial charge in [-0.05, 0) is 51.4 Å². The maximum atomic E-state index is 11.7. The minimum absolute atomic E-state index is 0.0803. The smallest absolute Gasteiger partial charge is 0.254 e. The summed E-state index contributed by atoms with van der Waals surface area (Å²) >= 11 is 0. The lowest BCUT2D eigenvalue weighted by Gasteiger charge is -2.29. The highest BCUT2D eigenvalue weighted by Gasteiger charge is 2.24. The van der Waals surface area contributed by atoms with Gasteiger partial charge in [-0.2, -0.15) is 4.98 Å². The number of nitrogens with zero attached hydrogens (tertiary/aromatic N) is 2. The largest absolute Gasteiger partial charge is 0.393 e. The Hall–Kier alpha value is -1.93. The number of aliphatic hydroxyl groups excluding tert-OH is 1. The highest BCUT2D eigenvalue weighted by Crippen LogP contribution is 2.25. The van der Waals surface area contributed by atoms with E-state index in [2.05, 4.69) is 20.6 Å². The predicted octanol–water partition coefficient (Wildman–Crippen LogP) is 1.66. The molecule has 2 aliphatic rings. The second kappa shape index (κ2) is 8.64. The van der Waals surface area contributed by atoms with E-state index in [0.29, 0.717) is 30.3 Å². The molecular formula is C18H29N5O3. The van der Waals surface area contributed by atoms with Crippen molar-refractivity contribution in [2.24, 2.45) is 5.73 Å². The maximum Gasteiger partial charge on any atom is 0.254 e. The summed E-state index contributed by atoms with van der Waals surface area (Å²) in [6, 6.07) is 0.377. The number of primary amides is 1. The molecular weight excluding hydrogens is 334 g/mol. The van der Waals surface area contributed by atoms with Crippen LogP contribution in [0.4, 0.5) is 11.8 Å².